The molecule has 5 rings (SSSR count). The largest absolute Gasteiger partial charge is 0.465 e. The molecular formula is C29H30ClN3O3S. The highest BCUT2D eigenvalue weighted by molar-refractivity contribution is 7.16. The zero-order valence-corrected chi connectivity index (χ0v) is 22.9. The molecule has 2 N–H and O–H groups in total. The molecule has 8 heteroatoms. The molecular weight excluding hydrogens is 506 g/mol. The Labute approximate surface area is 226 Å². The topological polar surface area (TPSA) is 96.4 Å². The van der Waals surface area contributed by atoms with Crippen LogP contribution in [0.15, 0.2) is 46.9 Å². The number of ether oxygens (including phenoxy) is 1. The Morgan fingerprint density at radius 2 is 1.89 bits per heavy atom. The van der Waals surface area contributed by atoms with E-state index in [4.69, 9.17) is 22.1 Å². The molecule has 2 heterocycles. The van der Waals surface area contributed by atoms with E-state index >= 15 is 0 Å². The predicted molar refractivity (Wildman–Crippen MR) is 145 cm³/mol. The van der Waals surface area contributed by atoms with Gasteiger partial charge in [0, 0.05) is 27.6 Å². The second-order valence-electron chi connectivity index (χ2n) is 10.8. The number of Topliss-reactive ketones (excluding diaryl/α,β-unsaturated/α-hetero) is 1. The highest BCUT2D eigenvalue weighted by Crippen LogP contribution is 2.53. The Morgan fingerprint density at radius 1 is 1.19 bits per heavy atom. The van der Waals surface area contributed by atoms with Gasteiger partial charge in [0.15, 0.2) is 5.78 Å². The molecule has 3 aliphatic rings. The third kappa shape index (κ3) is 4.36. The summed E-state index contributed by atoms with van der Waals surface area (Å²) in [6.45, 7) is 4.13. The molecule has 1 aromatic carbocycles. The van der Waals surface area contributed by atoms with E-state index < -0.39 is 11.9 Å². The maximum atomic E-state index is 13.8. The van der Waals surface area contributed by atoms with Crippen LogP contribution in [0.4, 0.5) is 5.00 Å². The quantitative estimate of drug-likeness (QED) is 0.361. The van der Waals surface area contributed by atoms with Gasteiger partial charge in [0.1, 0.15) is 10.8 Å². The van der Waals surface area contributed by atoms with E-state index in [1.807, 2.05) is 17.0 Å². The van der Waals surface area contributed by atoms with Crippen LogP contribution >= 0.6 is 22.9 Å². The third-order valence-corrected chi connectivity index (χ3v) is 9.11. The summed E-state index contributed by atoms with van der Waals surface area (Å²) in [6, 6.07) is 9.52. The number of hydrogen-bond acceptors (Lipinski definition) is 7. The van der Waals surface area contributed by atoms with Crippen LogP contribution < -0.4 is 10.6 Å². The maximum absolute atomic E-state index is 13.8. The van der Waals surface area contributed by atoms with Crippen molar-refractivity contribution in [3.8, 4) is 6.07 Å². The number of aryl methyl sites for hydroxylation is 1. The van der Waals surface area contributed by atoms with Gasteiger partial charge in [-0.25, -0.2) is 4.79 Å². The van der Waals surface area contributed by atoms with E-state index in [1.54, 1.807) is 12.1 Å². The third-order valence-electron chi connectivity index (χ3n) is 7.58. The van der Waals surface area contributed by atoms with Gasteiger partial charge < -0.3 is 10.5 Å². The molecule has 0 unspecified atom stereocenters. The van der Waals surface area contributed by atoms with Gasteiger partial charge in [-0.1, -0.05) is 44.0 Å². The highest BCUT2D eigenvalue weighted by Gasteiger charge is 2.46. The van der Waals surface area contributed by atoms with Crippen molar-refractivity contribution in [3.05, 3.63) is 73.5 Å². The maximum Gasteiger partial charge on any atom is 0.341 e. The number of carbonyl (C=O) groups is 2. The van der Waals surface area contributed by atoms with E-state index in [-0.39, 0.29) is 17.0 Å². The number of nitriles is 1. The van der Waals surface area contributed by atoms with Gasteiger partial charge in [0.25, 0.3) is 0 Å². The smallest absolute Gasteiger partial charge is 0.341 e. The van der Waals surface area contributed by atoms with Gasteiger partial charge in [0.05, 0.1) is 30.2 Å². The number of carbonyl (C=O) groups excluding carboxylic acids is 2. The number of nitrogens with zero attached hydrogens (tertiary/aromatic N) is 2. The minimum absolute atomic E-state index is 0.00538. The van der Waals surface area contributed by atoms with Gasteiger partial charge in [-0.3, -0.25) is 9.69 Å². The fourth-order valence-electron chi connectivity index (χ4n) is 5.93. The van der Waals surface area contributed by atoms with E-state index in [2.05, 4.69) is 19.9 Å². The van der Waals surface area contributed by atoms with Crippen LogP contribution in [0.1, 0.15) is 78.2 Å². The molecule has 1 aromatic heterocycles. The van der Waals surface area contributed by atoms with Gasteiger partial charge in [-0.15, -0.1) is 11.3 Å². The first kappa shape index (κ1) is 25.6. The normalized spacial score (nSPS) is 21.2. The molecule has 1 aliphatic heterocycles. The van der Waals surface area contributed by atoms with Gasteiger partial charge >= 0.3 is 5.97 Å². The number of allylic oxidation sites excluding steroid dienone is 3. The summed E-state index contributed by atoms with van der Waals surface area (Å²) in [4.78, 5) is 30.0. The van der Waals surface area contributed by atoms with Crippen LogP contribution in [-0.4, -0.2) is 18.9 Å². The molecule has 2 aliphatic carbocycles. The van der Waals surface area contributed by atoms with Crippen LogP contribution in [0.2, 0.25) is 5.02 Å². The number of rotatable bonds is 3. The van der Waals surface area contributed by atoms with Gasteiger partial charge in [0.2, 0.25) is 0 Å². The monoisotopic (exact) mass is 535 g/mol. The van der Waals surface area contributed by atoms with Crippen molar-refractivity contribution in [2.75, 3.05) is 12.0 Å². The zero-order chi connectivity index (χ0) is 26.5. The van der Waals surface area contributed by atoms with Crippen molar-refractivity contribution >= 4 is 39.7 Å². The number of methoxy groups -OCH3 is 1. The lowest BCUT2D eigenvalue weighted by atomic mass is 9.68. The summed E-state index contributed by atoms with van der Waals surface area (Å²) in [5, 5.41) is 11.6. The number of esters is 1. The minimum Gasteiger partial charge on any atom is -0.465 e. The predicted octanol–water partition coefficient (Wildman–Crippen LogP) is 6.40. The molecule has 0 spiro atoms. The Balaban J connectivity index is 1.80. The number of benzene rings is 1. The molecule has 0 saturated carbocycles. The zero-order valence-electron chi connectivity index (χ0n) is 21.3. The summed E-state index contributed by atoms with van der Waals surface area (Å²) in [5.74, 6) is -0.747. The van der Waals surface area contributed by atoms with Gasteiger partial charge in [-0.2, -0.15) is 5.26 Å². The first-order valence-corrected chi connectivity index (χ1v) is 13.8. The number of fused-ring (bicyclic) bond motifs is 1. The first-order chi connectivity index (χ1) is 17.7. The average molecular weight is 536 g/mol. The fraction of sp³-hybridized carbons (Fsp3) is 0.414. The summed E-state index contributed by atoms with van der Waals surface area (Å²) in [5.41, 5.74) is 10.5. The summed E-state index contributed by atoms with van der Waals surface area (Å²) < 4.78 is 5.24. The average Bonchev–Trinajstić information content (AvgIpc) is 3.04. The number of halogens is 1. The second-order valence-corrected chi connectivity index (χ2v) is 12.3. The molecule has 0 amide bonds. The second kappa shape index (κ2) is 9.66. The van der Waals surface area contributed by atoms with Crippen molar-refractivity contribution in [1.82, 2.24) is 0 Å². The van der Waals surface area contributed by atoms with Crippen LogP contribution in [0.3, 0.4) is 0 Å². The number of nitrogens with two attached hydrogens (primary N) is 1. The Hall–Kier alpha value is -3.08. The Kier molecular flexibility index (Phi) is 6.68. The van der Waals surface area contributed by atoms with Crippen LogP contribution in [0, 0.1) is 16.7 Å². The summed E-state index contributed by atoms with van der Waals surface area (Å²) >= 11 is 7.68. The van der Waals surface area contributed by atoms with E-state index in [1.165, 1.54) is 18.4 Å². The minimum atomic E-state index is -0.587. The molecule has 37 heavy (non-hydrogen) atoms. The van der Waals surface area contributed by atoms with Crippen molar-refractivity contribution in [3.63, 3.8) is 0 Å². The molecule has 2 aromatic rings. The lowest BCUT2D eigenvalue weighted by Crippen LogP contribution is -2.42. The van der Waals surface area contributed by atoms with Crippen molar-refractivity contribution < 1.29 is 14.3 Å². The van der Waals surface area contributed by atoms with Crippen LogP contribution in [0.25, 0.3) is 0 Å². The molecule has 192 valence electrons. The fourth-order valence-corrected chi connectivity index (χ4v) is 7.47. The number of anilines is 1. The lowest BCUT2D eigenvalue weighted by Gasteiger charge is -2.43. The van der Waals surface area contributed by atoms with Crippen molar-refractivity contribution in [2.24, 2.45) is 11.1 Å². The van der Waals surface area contributed by atoms with Crippen LogP contribution in [-0.2, 0) is 22.4 Å². The number of hydrogen-bond donors (Lipinski definition) is 1. The van der Waals surface area contributed by atoms with E-state index in [0.717, 1.165) is 53.8 Å². The number of thiophene rings is 1. The molecule has 6 nitrogen and oxygen atoms in total. The SMILES string of the molecule is COC(=O)c1c(N2C(N)=C(C#N)[C@@H](c3ccc(Cl)cc3)C3=C2CC(C)(C)CC3=O)sc2c1CCCCC2. The molecule has 0 fully saturated rings. The standard InChI is InChI=1S/C29H30ClN3O3S/c1-29(2)13-20-25(21(34)14-29)23(16-9-11-17(30)12-10-16)19(15-31)26(32)33(20)27-24(28(35)36-3)18-7-5-4-6-8-22(18)37-27/h9-12,23H,4-8,13-14,32H2,1-3H3/t23-/m1/s1. The summed E-state index contributed by atoms with van der Waals surface area (Å²) in [6.07, 6.45) is 5.80. The van der Waals surface area contributed by atoms with Crippen molar-refractivity contribution in [1.29, 1.82) is 5.26 Å². The first-order valence-electron chi connectivity index (χ1n) is 12.6. The molecule has 0 bridgehead atoms. The number of ketones is 1. The Morgan fingerprint density at radius 3 is 2.57 bits per heavy atom. The van der Waals surface area contributed by atoms with E-state index in [9.17, 15) is 14.9 Å². The molecule has 0 radical (unpaired) electrons. The Bertz CT molecular complexity index is 1390. The lowest BCUT2D eigenvalue weighted by molar-refractivity contribution is -0.118. The van der Waals surface area contributed by atoms with Crippen molar-refractivity contribution in [2.45, 2.75) is 64.7 Å². The van der Waals surface area contributed by atoms with Crippen LogP contribution in [0.5, 0.6) is 0 Å². The highest BCUT2D eigenvalue weighted by atomic mass is 35.5. The molecule has 1 atom stereocenters. The van der Waals surface area contributed by atoms with E-state index in [0.29, 0.717) is 39.6 Å². The molecule has 0 saturated heterocycles. The summed E-state index contributed by atoms with van der Waals surface area (Å²) in [7, 11) is 1.39. The van der Waals surface area contributed by atoms with Gasteiger partial charge in [-0.05, 0) is 60.8 Å².